The maximum atomic E-state index is 2.52. The van der Waals surface area contributed by atoms with Crippen molar-refractivity contribution in [1.29, 1.82) is 0 Å². The third-order valence-corrected chi connectivity index (χ3v) is 4.90. The summed E-state index contributed by atoms with van der Waals surface area (Å²) in [5.41, 5.74) is 1.37. The van der Waals surface area contributed by atoms with Crippen molar-refractivity contribution in [2.75, 3.05) is 0 Å². The van der Waals surface area contributed by atoms with Crippen LogP contribution >= 0.6 is 0 Å². The van der Waals surface area contributed by atoms with Crippen molar-refractivity contribution >= 4 is 0 Å². The summed E-state index contributed by atoms with van der Waals surface area (Å²) in [6, 6.07) is 0. The number of hydrogen-bond donors (Lipinski definition) is 0. The lowest BCUT2D eigenvalue weighted by molar-refractivity contribution is 0.0439. The Morgan fingerprint density at radius 1 is 0.846 bits per heavy atom. The van der Waals surface area contributed by atoms with Gasteiger partial charge in [0, 0.05) is 0 Å². The molecule has 0 heteroatoms. The summed E-state index contributed by atoms with van der Waals surface area (Å²) in [5.74, 6) is 1.03. The van der Waals surface area contributed by atoms with Crippen molar-refractivity contribution in [3.63, 3.8) is 0 Å². The maximum absolute atomic E-state index is 2.52. The van der Waals surface area contributed by atoms with Gasteiger partial charge in [-0.05, 0) is 55.3 Å². The van der Waals surface area contributed by atoms with E-state index in [9.17, 15) is 0 Å². The van der Waals surface area contributed by atoms with E-state index in [1.54, 1.807) is 0 Å². The minimum atomic E-state index is 0.641. The zero-order chi connectivity index (χ0) is 9.53. The summed E-state index contributed by atoms with van der Waals surface area (Å²) in [5, 5.41) is 0. The van der Waals surface area contributed by atoms with E-state index in [1.165, 1.54) is 44.9 Å². The third-order valence-electron chi connectivity index (χ3n) is 4.90. The van der Waals surface area contributed by atoms with Gasteiger partial charge in [0.1, 0.15) is 0 Å². The zero-order valence-corrected chi connectivity index (χ0v) is 9.53. The van der Waals surface area contributed by atoms with Crippen molar-refractivity contribution in [3.8, 4) is 0 Å². The summed E-state index contributed by atoms with van der Waals surface area (Å²) in [6.07, 6.45) is 10.4. The SMILES string of the molecule is CC12CCCC(C)(C)C(CC1)CC2. The lowest BCUT2D eigenvalue weighted by atomic mass is 9.58. The summed E-state index contributed by atoms with van der Waals surface area (Å²) >= 11 is 0. The molecule has 3 aliphatic rings. The first-order chi connectivity index (χ1) is 6.02. The monoisotopic (exact) mass is 180 g/mol. The molecule has 0 aromatic rings. The number of hydrogen-bond acceptors (Lipinski definition) is 0. The van der Waals surface area contributed by atoms with Crippen molar-refractivity contribution in [2.24, 2.45) is 16.7 Å². The fraction of sp³-hybridized carbons (Fsp3) is 1.00. The molecule has 0 aromatic carbocycles. The van der Waals surface area contributed by atoms with Gasteiger partial charge in [-0.25, -0.2) is 0 Å². The van der Waals surface area contributed by atoms with E-state index in [4.69, 9.17) is 0 Å². The van der Waals surface area contributed by atoms with Crippen molar-refractivity contribution < 1.29 is 0 Å². The molecule has 0 aromatic heterocycles. The Balaban J connectivity index is 2.13. The van der Waals surface area contributed by atoms with Gasteiger partial charge >= 0.3 is 0 Å². The Morgan fingerprint density at radius 2 is 1.46 bits per heavy atom. The molecule has 0 radical (unpaired) electrons. The van der Waals surface area contributed by atoms with Gasteiger partial charge in [-0.1, -0.05) is 27.2 Å². The van der Waals surface area contributed by atoms with Gasteiger partial charge in [0.2, 0.25) is 0 Å². The lowest BCUT2D eigenvalue weighted by Crippen LogP contribution is -2.35. The first-order valence-electron chi connectivity index (χ1n) is 6.02. The van der Waals surface area contributed by atoms with Crippen LogP contribution in [0, 0.1) is 16.7 Å². The first-order valence-corrected chi connectivity index (χ1v) is 6.02. The molecule has 0 unspecified atom stereocenters. The Morgan fingerprint density at radius 3 is 2.08 bits per heavy atom. The highest BCUT2D eigenvalue weighted by molar-refractivity contribution is 4.91. The van der Waals surface area contributed by atoms with E-state index in [0.717, 1.165) is 11.3 Å². The molecule has 0 nitrogen and oxygen atoms in total. The van der Waals surface area contributed by atoms with Crippen LogP contribution in [0.1, 0.15) is 65.7 Å². The standard InChI is InChI=1S/C13H24/c1-12(2)7-4-8-13(3)9-5-11(12)6-10-13/h11H,4-10H2,1-3H3. The summed E-state index contributed by atoms with van der Waals surface area (Å²) in [7, 11) is 0. The van der Waals surface area contributed by atoms with E-state index >= 15 is 0 Å². The smallest absolute Gasteiger partial charge is 0.0326 e. The maximum Gasteiger partial charge on any atom is -0.0326 e. The van der Waals surface area contributed by atoms with Gasteiger partial charge in [0.05, 0.1) is 0 Å². The van der Waals surface area contributed by atoms with E-state index in [1.807, 2.05) is 0 Å². The summed E-state index contributed by atoms with van der Waals surface area (Å²) in [6.45, 7) is 7.50. The van der Waals surface area contributed by atoms with Crippen molar-refractivity contribution in [2.45, 2.75) is 65.7 Å². The highest BCUT2D eigenvalue weighted by atomic mass is 14.4. The quantitative estimate of drug-likeness (QED) is 0.518. The van der Waals surface area contributed by atoms with Crippen LogP contribution in [0.15, 0.2) is 0 Å². The highest BCUT2D eigenvalue weighted by Crippen LogP contribution is 2.52. The molecular formula is C13H24. The van der Waals surface area contributed by atoms with E-state index in [0.29, 0.717) is 5.41 Å². The second kappa shape index (κ2) is 3.00. The number of rotatable bonds is 0. The fourth-order valence-electron chi connectivity index (χ4n) is 3.52. The van der Waals surface area contributed by atoms with Crippen LogP contribution in [-0.2, 0) is 0 Å². The van der Waals surface area contributed by atoms with Crippen molar-refractivity contribution in [1.82, 2.24) is 0 Å². The molecule has 3 fully saturated rings. The molecule has 0 aliphatic heterocycles. The molecule has 3 aliphatic carbocycles. The van der Waals surface area contributed by atoms with Crippen molar-refractivity contribution in [3.05, 3.63) is 0 Å². The molecule has 0 N–H and O–H groups in total. The van der Waals surface area contributed by atoms with Crippen LogP contribution in [0.2, 0.25) is 0 Å². The van der Waals surface area contributed by atoms with Crippen LogP contribution < -0.4 is 0 Å². The van der Waals surface area contributed by atoms with Gasteiger partial charge in [0.15, 0.2) is 0 Å². The van der Waals surface area contributed by atoms with Crippen LogP contribution in [0.25, 0.3) is 0 Å². The summed E-state index contributed by atoms with van der Waals surface area (Å²) in [4.78, 5) is 0. The third kappa shape index (κ3) is 1.78. The van der Waals surface area contributed by atoms with Crippen LogP contribution in [0.5, 0.6) is 0 Å². The minimum Gasteiger partial charge on any atom is -0.0596 e. The van der Waals surface area contributed by atoms with Crippen LogP contribution in [0.3, 0.4) is 0 Å². The van der Waals surface area contributed by atoms with Crippen LogP contribution in [-0.4, -0.2) is 0 Å². The Bertz CT molecular complexity index is 177. The summed E-state index contributed by atoms with van der Waals surface area (Å²) < 4.78 is 0. The van der Waals surface area contributed by atoms with Gasteiger partial charge in [-0.15, -0.1) is 0 Å². The zero-order valence-electron chi connectivity index (χ0n) is 9.53. The Labute approximate surface area is 83.1 Å². The largest absolute Gasteiger partial charge is 0.0596 e. The molecule has 0 amide bonds. The molecule has 2 bridgehead atoms. The van der Waals surface area contributed by atoms with Gasteiger partial charge in [-0.3, -0.25) is 0 Å². The van der Waals surface area contributed by atoms with E-state index in [2.05, 4.69) is 20.8 Å². The predicted molar refractivity (Wildman–Crippen MR) is 57.7 cm³/mol. The molecule has 0 spiro atoms. The van der Waals surface area contributed by atoms with E-state index < -0.39 is 0 Å². The molecule has 76 valence electrons. The Kier molecular flexibility index (Phi) is 2.20. The first kappa shape index (κ1) is 9.55. The second-order valence-electron chi connectivity index (χ2n) is 6.43. The van der Waals surface area contributed by atoms with E-state index in [-0.39, 0.29) is 0 Å². The number of fused-ring (bicyclic) bond motifs is 5. The molecule has 0 heterocycles. The average Bonchev–Trinajstić information content (AvgIpc) is 2.02. The molecule has 0 atom stereocenters. The highest BCUT2D eigenvalue weighted by Gasteiger charge is 2.39. The molecule has 13 heavy (non-hydrogen) atoms. The molecule has 0 saturated heterocycles. The fourth-order valence-corrected chi connectivity index (χ4v) is 3.52. The molecule has 3 saturated carbocycles. The predicted octanol–water partition coefficient (Wildman–Crippen LogP) is 4.39. The van der Waals surface area contributed by atoms with Gasteiger partial charge in [0.25, 0.3) is 0 Å². The Hall–Kier alpha value is 0. The minimum absolute atomic E-state index is 0.641. The lowest BCUT2D eigenvalue weighted by Gasteiger charge is -2.47. The van der Waals surface area contributed by atoms with Gasteiger partial charge in [-0.2, -0.15) is 0 Å². The average molecular weight is 180 g/mol. The normalized spacial score (nSPS) is 44.1. The van der Waals surface area contributed by atoms with Gasteiger partial charge < -0.3 is 0 Å². The second-order valence-corrected chi connectivity index (χ2v) is 6.43. The van der Waals surface area contributed by atoms with Crippen LogP contribution in [0.4, 0.5) is 0 Å². The topological polar surface area (TPSA) is 0 Å². The molecular weight excluding hydrogens is 156 g/mol. The molecule has 3 rings (SSSR count).